The van der Waals surface area contributed by atoms with Crippen LogP contribution in [0.4, 0.5) is 15.9 Å². The van der Waals surface area contributed by atoms with Crippen LogP contribution in [0.2, 0.25) is 0 Å². The maximum absolute atomic E-state index is 12.8. The average molecular weight is 284 g/mol. The lowest BCUT2D eigenvalue weighted by Crippen LogP contribution is -2.20. The van der Waals surface area contributed by atoms with Crippen molar-refractivity contribution in [1.29, 1.82) is 5.26 Å². The van der Waals surface area contributed by atoms with E-state index in [1.54, 1.807) is 18.2 Å². The third kappa shape index (κ3) is 2.44. The number of anilines is 2. The highest BCUT2D eigenvalue weighted by Gasteiger charge is 2.08. The first-order valence-corrected chi connectivity index (χ1v) is 6.03. The van der Waals surface area contributed by atoms with E-state index in [9.17, 15) is 9.18 Å². The summed E-state index contributed by atoms with van der Waals surface area (Å²) in [6.45, 7) is -0.136. The van der Waals surface area contributed by atoms with Gasteiger partial charge in [-0.05, 0) is 30.3 Å². The number of hydrogen-bond acceptors (Lipinski definition) is 5. The number of aromatic nitrogens is 4. The Balaban J connectivity index is 1.96. The number of benzene rings is 1. The largest absolute Gasteiger partial charge is 0.352 e. The molecule has 3 aromatic rings. The average Bonchev–Trinajstić information content (AvgIpc) is 2.78. The van der Waals surface area contributed by atoms with Crippen LogP contribution in [0.5, 0.6) is 0 Å². The monoisotopic (exact) mass is 284 g/mol. The molecule has 0 radical (unpaired) electrons. The van der Waals surface area contributed by atoms with Gasteiger partial charge in [-0.3, -0.25) is 0 Å². The maximum Gasteiger partial charge on any atom is 0.352 e. The van der Waals surface area contributed by atoms with E-state index in [1.165, 1.54) is 22.7 Å². The van der Waals surface area contributed by atoms with Crippen LogP contribution >= 0.6 is 0 Å². The summed E-state index contributed by atoms with van der Waals surface area (Å²) in [4.78, 5) is 16.0. The van der Waals surface area contributed by atoms with Crippen molar-refractivity contribution < 1.29 is 4.39 Å². The Bertz CT molecular complexity index is 890. The number of rotatable bonds is 3. The Kier molecular flexibility index (Phi) is 3.08. The van der Waals surface area contributed by atoms with Gasteiger partial charge in [-0.25, -0.2) is 13.6 Å². The normalized spacial score (nSPS) is 10.5. The molecule has 0 bridgehead atoms. The molecule has 2 heterocycles. The second kappa shape index (κ2) is 5.05. The van der Waals surface area contributed by atoms with E-state index < -0.39 is 5.69 Å². The molecule has 0 amide bonds. The van der Waals surface area contributed by atoms with E-state index in [2.05, 4.69) is 15.4 Å². The molecule has 21 heavy (non-hydrogen) atoms. The summed E-state index contributed by atoms with van der Waals surface area (Å²) in [5.74, 6) is 0.316. The smallest absolute Gasteiger partial charge is 0.340 e. The maximum atomic E-state index is 12.8. The van der Waals surface area contributed by atoms with E-state index in [1.807, 2.05) is 6.07 Å². The number of nitrogens with one attached hydrogen (secondary N) is 1. The molecule has 0 saturated heterocycles. The predicted octanol–water partition coefficient (Wildman–Crippen LogP) is 1.30. The summed E-state index contributed by atoms with van der Waals surface area (Å²) in [6, 6.07) is 9.24. The van der Waals surface area contributed by atoms with E-state index in [0.717, 1.165) is 4.68 Å². The number of fused-ring (bicyclic) bond motifs is 1. The molecular formula is C13H9FN6O. The fourth-order valence-electron chi connectivity index (χ4n) is 1.83. The molecule has 1 aromatic carbocycles. The van der Waals surface area contributed by atoms with Crippen LogP contribution in [0.1, 0.15) is 0 Å². The van der Waals surface area contributed by atoms with Crippen LogP contribution < -0.4 is 11.0 Å². The second-order valence-corrected chi connectivity index (χ2v) is 4.21. The summed E-state index contributed by atoms with van der Waals surface area (Å²) in [5, 5.41) is 15.5. The lowest BCUT2D eigenvalue weighted by atomic mass is 10.3. The Morgan fingerprint density at radius 3 is 2.76 bits per heavy atom. The van der Waals surface area contributed by atoms with Crippen molar-refractivity contribution in [2.75, 3.05) is 5.32 Å². The van der Waals surface area contributed by atoms with Gasteiger partial charge in [0.15, 0.2) is 0 Å². The van der Waals surface area contributed by atoms with Gasteiger partial charge >= 0.3 is 5.69 Å². The first-order chi connectivity index (χ1) is 10.2. The molecule has 0 atom stereocenters. The summed E-state index contributed by atoms with van der Waals surface area (Å²) in [6.07, 6.45) is 1.51. The minimum atomic E-state index is -0.424. The van der Waals surface area contributed by atoms with Gasteiger partial charge in [-0.15, -0.1) is 5.10 Å². The predicted molar refractivity (Wildman–Crippen MR) is 72.5 cm³/mol. The van der Waals surface area contributed by atoms with Crippen LogP contribution in [0.3, 0.4) is 0 Å². The molecular weight excluding hydrogens is 275 g/mol. The molecule has 0 saturated carbocycles. The SMILES string of the molecule is N#CCn1nc2nc(Nc3ccc(F)cc3)ccn2c1=O. The van der Waals surface area contributed by atoms with Gasteiger partial charge in [-0.1, -0.05) is 0 Å². The molecule has 7 nitrogen and oxygen atoms in total. The third-order valence-electron chi connectivity index (χ3n) is 2.79. The number of hydrogen-bond donors (Lipinski definition) is 1. The molecule has 0 aliphatic carbocycles. The first kappa shape index (κ1) is 12.8. The lowest BCUT2D eigenvalue weighted by molar-refractivity contribution is 0.628. The molecule has 0 spiro atoms. The van der Waals surface area contributed by atoms with Crippen molar-refractivity contribution in [3.63, 3.8) is 0 Å². The van der Waals surface area contributed by atoms with Crippen LogP contribution in [0.15, 0.2) is 41.3 Å². The number of nitrogens with zero attached hydrogens (tertiary/aromatic N) is 5. The van der Waals surface area contributed by atoms with Crippen molar-refractivity contribution in [2.24, 2.45) is 0 Å². The Hall–Kier alpha value is -3.21. The molecule has 0 unspecified atom stereocenters. The summed E-state index contributed by atoms with van der Waals surface area (Å²) in [5.41, 5.74) is 0.236. The fraction of sp³-hybridized carbons (Fsp3) is 0.0769. The number of halogens is 1. The standard InChI is InChI=1S/C13H9FN6O/c14-9-1-3-10(4-2-9)16-11-5-7-19-12(17-11)18-20(8-6-15)13(19)21/h1-5,7H,8H2,(H,16,17,18). The summed E-state index contributed by atoms with van der Waals surface area (Å²) in [7, 11) is 0. The zero-order valence-corrected chi connectivity index (χ0v) is 10.7. The van der Waals surface area contributed by atoms with Crippen LogP contribution in [0.25, 0.3) is 5.78 Å². The zero-order valence-electron chi connectivity index (χ0n) is 10.7. The second-order valence-electron chi connectivity index (χ2n) is 4.21. The third-order valence-corrected chi connectivity index (χ3v) is 2.79. The quantitative estimate of drug-likeness (QED) is 0.783. The van der Waals surface area contributed by atoms with Gasteiger partial charge in [0.25, 0.3) is 5.78 Å². The zero-order chi connectivity index (χ0) is 14.8. The Morgan fingerprint density at radius 2 is 2.05 bits per heavy atom. The fourth-order valence-corrected chi connectivity index (χ4v) is 1.83. The van der Waals surface area contributed by atoms with Gasteiger partial charge in [-0.2, -0.15) is 14.9 Å². The Morgan fingerprint density at radius 1 is 1.29 bits per heavy atom. The van der Waals surface area contributed by atoms with Gasteiger partial charge in [0.05, 0.1) is 6.07 Å². The van der Waals surface area contributed by atoms with Gasteiger partial charge < -0.3 is 5.32 Å². The van der Waals surface area contributed by atoms with Crippen LogP contribution in [-0.4, -0.2) is 19.2 Å². The lowest BCUT2D eigenvalue weighted by Gasteiger charge is -2.04. The van der Waals surface area contributed by atoms with Crippen molar-refractivity contribution >= 4 is 17.3 Å². The molecule has 2 aromatic heterocycles. The first-order valence-electron chi connectivity index (χ1n) is 6.03. The van der Waals surface area contributed by atoms with E-state index >= 15 is 0 Å². The van der Waals surface area contributed by atoms with Crippen LogP contribution in [-0.2, 0) is 6.54 Å². The van der Waals surface area contributed by atoms with E-state index in [0.29, 0.717) is 11.5 Å². The molecule has 0 fully saturated rings. The highest BCUT2D eigenvalue weighted by molar-refractivity contribution is 5.56. The van der Waals surface area contributed by atoms with Gasteiger partial charge in [0.1, 0.15) is 18.2 Å². The topological polar surface area (TPSA) is 88.0 Å². The molecule has 3 rings (SSSR count). The number of nitriles is 1. The molecule has 104 valence electrons. The van der Waals surface area contributed by atoms with Crippen LogP contribution in [0, 0.1) is 17.1 Å². The van der Waals surface area contributed by atoms with Crippen molar-refractivity contribution in [3.05, 3.63) is 52.8 Å². The van der Waals surface area contributed by atoms with Crippen molar-refractivity contribution in [3.8, 4) is 6.07 Å². The Labute approximate surface area is 117 Å². The van der Waals surface area contributed by atoms with E-state index in [4.69, 9.17) is 5.26 Å². The summed E-state index contributed by atoms with van der Waals surface area (Å²) >= 11 is 0. The minimum Gasteiger partial charge on any atom is -0.340 e. The van der Waals surface area contributed by atoms with E-state index in [-0.39, 0.29) is 18.1 Å². The molecule has 8 heteroatoms. The van der Waals surface area contributed by atoms with Gasteiger partial charge in [0.2, 0.25) is 0 Å². The minimum absolute atomic E-state index is 0.136. The summed E-state index contributed by atoms with van der Waals surface area (Å²) < 4.78 is 15.1. The molecule has 0 aliphatic heterocycles. The molecule has 0 aliphatic rings. The molecule has 1 N–H and O–H groups in total. The van der Waals surface area contributed by atoms with Crippen molar-refractivity contribution in [2.45, 2.75) is 6.54 Å². The highest BCUT2D eigenvalue weighted by atomic mass is 19.1. The van der Waals surface area contributed by atoms with Gasteiger partial charge in [0, 0.05) is 11.9 Å². The van der Waals surface area contributed by atoms with Crippen molar-refractivity contribution in [1.82, 2.24) is 19.2 Å². The highest BCUT2D eigenvalue weighted by Crippen LogP contribution is 2.14.